The van der Waals surface area contributed by atoms with E-state index < -0.39 is 11.5 Å². The van der Waals surface area contributed by atoms with Gasteiger partial charge in [-0.05, 0) is 16.7 Å². The Labute approximate surface area is 201 Å². The van der Waals surface area contributed by atoms with Gasteiger partial charge in [-0.1, -0.05) is 102 Å². The van der Waals surface area contributed by atoms with Gasteiger partial charge in [0.2, 0.25) is 5.71 Å². The minimum absolute atomic E-state index is 0.134. The van der Waals surface area contributed by atoms with Crippen LogP contribution in [0.2, 0.25) is 0 Å². The van der Waals surface area contributed by atoms with Gasteiger partial charge in [-0.15, -0.1) is 17.8 Å². The van der Waals surface area contributed by atoms with Crippen molar-refractivity contribution in [3.63, 3.8) is 0 Å². The fraction of sp³-hybridized carbons (Fsp3) is 0.0741. The third-order valence-electron chi connectivity index (χ3n) is 5.17. The second kappa shape index (κ2) is 10.5. The third kappa shape index (κ3) is 4.68. The zero-order valence-corrected chi connectivity index (χ0v) is 18.9. The summed E-state index contributed by atoms with van der Waals surface area (Å²) in [5.74, 6) is 0.997. The van der Waals surface area contributed by atoms with Crippen LogP contribution in [0.3, 0.4) is 0 Å². The number of hydrogen-bond donors (Lipinski definition) is 2. The molecule has 7 heteroatoms. The summed E-state index contributed by atoms with van der Waals surface area (Å²) in [6.07, 6.45) is 5.15. The molecule has 0 aliphatic heterocycles. The van der Waals surface area contributed by atoms with Crippen LogP contribution in [0.4, 0.5) is 5.13 Å². The summed E-state index contributed by atoms with van der Waals surface area (Å²) in [6, 6.07) is 30.2. The van der Waals surface area contributed by atoms with E-state index in [9.17, 15) is 9.90 Å². The molecule has 4 rings (SSSR count). The summed E-state index contributed by atoms with van der Waals surface area (Å²) in [5, 5.41) is 19.0. The highest BCUT2D eigenvalue weighted by molar-refractivity contribution is 7.14. The Kier molecular flexibility index (Phi) is 7.01. The zero-order valence-electron chi connectivity index (χ0n) is 18.1. The number of anilines is 1. The molecule has 0 atom stereocenters. The summed E-state index contributed by atoms with van der Waals surface area (Å²) in [5.41, 5.74) is 2.11. The molecule has 0 radical (unpaired) electrons. The van der Waals surface area contributed by atoms with Crippen LogP contribution in [0.1, 0.15) is 22.4 Å². The van der Waals surface area contributed by atoms with Crippen molar-refractivity contribution in [1.82, 2.24) is 4.98 Å². The second-order valence-electron chi connectivity index (χ2n) is 7.23. The normalized spacial score (nSPS) is 11.4. The molecule has 0 aliphatic carbocycles. The number of terminal acetylenes is 1. The maximum atomic E-state index is 11.7. The third-order valence-corrected chi connectivity index (χ3v) is 5.93. The molecular formula is C27H21N3O3S. The molecule has 6 nitrogen and oxygen atoms in total. The van der Waals surface area contributed by atoms with E-state index in [1.54, 1.807) is 5.38 Å². The quantitative estimate of drug-likeness (QED) is 0.119. The molecule has 0 aliphatic rings. The lowest BCUT2D eigenvalue weighted by atomic mass is 9.77. The van der Waals surface area contributed by atoms with Gasteiger partial charge in [0.15, 0.2) is 11.7 Å². The van der Waals surface area contributed by atoms with Crippen molar-refractivity contribution in [1.29, 1.82) is 0 Å². The summed E-state index contributed by atoms with van der Waals surface area (Å²) in [6.45, 7) is -0.134. The van der Waals surface area contributed by atoms with Crippen molar-refractivity contribution in [3.8, 4) is 12.3 Å². The first-order valence-electron chi connectivity index (χ1n) is 10.4. The maximum Gasteiger partial charge on any atom is 0.360 e. The molecular weight excluding hydrogens is 446 g/mol. The monoisotopic (exact) mass is 467 g/mol. The van der Waals surface area contributed by atoms with Gasteiger partial charge in [0.25, 0.3) is 0 Å². The predicted octanol–water partition coefficient (Wildman–Crippen LogP) is 4.99. The molecule has 0 unspecified atom stereocenters. The SMILES string of the molecule is C#CCON=C(C(=O)O)c1csc(NC(c2ccccc2)(c2ccccc2)c2ccccc2)n1. The molecule has 0 amide bonds. The summed E-state index contributed by atoms with van der Waals surface area (Å²) < 4.78 is 0. The molecule has 1 heterocycles. The van der Waals surface area contributed by atoms with E-state index in [1.165, 1.54) is 11.3 Å². The molecule has 0 saturated heterocycles. The highest BCUT2D eigenvalue weighted by Crippen LogP contribution is 2.40. The number of hydrogen-bond acceptors (Lipinski definition) is 6. The number of nitrogens with zero attached hydrogens (tertiary/aromatic N) is 2. The van der Waals surface area contributed by atoms with Crippen LogP contribution < -0.4 is 5.32 Å². The Morgan fingerprint density at radius 3 is 1.91 bits per heavy atom. The molecule has 34 heavy (non-hydrogen) atoms. The van der Waals surface area contributed by atoms with Gasteiger partial charge in [-0.25, -0.2) is 9.78 Å². The number of carbonyl (C=O) groups is 1. The smallest absolute Gasteiger partial charge is 0.360 e. The van der Waals surface area contributed by atoms with Gasteiger partial charge < -0.3 is 15.3 Å². The van der Waals surface area contributed by atoms with E-state index in [0.717, 1.165) is 16.7 Å². The number of carboxylic acid groups (broad SMARTS) is 1. The molecule has 168 valence electrons. The lowest BCUT2D eigenvalue weighted by Gasteiger charge is -2.36. The van der Waals surface area contributed by atoms with Crippen LogP contribution in [0.5, 0.6) is 0 Å². The standard InChI is InChI=1S/C27H21N3O3S/c1-2-18-33-30-24(25(31)32)23-19-34-26(28-23)29-27(20-12-6-3-7-13-20,21-14-8-4-9-15-21)22-16-10-5-11-17-22/h1,3-17,19H,18H2,(H,28,29)(H,31,32). The van der Waals surface area contributed by atoms with Crippen LogP contribution in [-0.4, -0.2) is 28.4 Å². The summed E-state index contributed by atoms with van der Waals surface area (Å²) >= 11 is 1.28. The van der Waals surface area contributed by atoms with Crippen LogP contribution in [0.15, 0.2) is 102 Å². The van der Waals surface area contributed by atoms with E-state index in [1.807, 2.05) is 54.6 Å². The second-order valence-corrected chi connectivity index (χ2v) is 8.09. The number of aliphatic carboxylic acids is 1. The van der Waals surface area contributed by atoms with Gasteiger partial charge >= 0.3 is 5.97 Å². The predicted molar refractivity (Wildman–Crippen MR) is 134 cm³/mol. The summed E-state index contributed by atoms with van der Waals surface area (Å²) in [4.78, 5) is 21.2. The number of carboxylic acids is 1. The fourth-order valence-electron chi connectivity index (χ4n) is 3.71. The number of thiazole rings is 1. The van der Waals surface area contributed by atoms with Crippen molar-refractivity contribution in [2.75, 3.05) is 11.9 Å². The Bertz CT molecular complexity index is 1220. The lowest BCUT2D eigenvalue weighted by molar-refractivity contribution is -0.129. The van der Waals surface area contributed by atoms with E-state index >= 15 is 0 Å². The fourth-order valence-corrected chi connectivity index (χ4v) is 4.46. The van der Waals surface area contributed by atoms with Gasteiger partial charge in [-0.2, -0.15) is 0 Å². The number of aromatic nitrogens is 1. The van der Waals surface area contributed by atoms with E-state index in [2.05, 4.69) is 57.8 Å². The molecule has 4 aromatic rings. The van der Waals surface area contributed by atoms with Gasteiger partial charge in [-0.3, -0.25) is 0 Å². The maximum absolute atomic E-state index is 11.7. The minimum atomic E-state index is -1.26. The van der Waals surface area contributed by atoms with Crippen molar-refractivity contribution in [2.24, 2.45) is 5.16 Å². The van der Waals surface area contributed by atoms with Crippen LogP contribution >= 0.6 is 11.3 Å². The first-order valence-corrected chi connectivity index (χ1v) is 11.3. The summed E-state index contributed by atoms with van der Waals surface area (Å²) in [7, 11) is 0. The molecule has 0 saturated carbocycles. The molecule has 0 spiro atoms. The van der Waals surface area contributed by atoms with Crippen molar-refractivity contribution >= 4 is 28.1 Å². The minimum Gasteiger partial charge on any atom is -0.476 e. The average Bonchev–Trinajstić information content (AvgIpc) is 3.34. The number of oxime groups is 1. The van der Waals surface area contributed by atoms with Gasteiger partial charge in [0.1, 0.15) is 11.2 Å². The van der Waals surface area contributed by atoms with E-state index in [4.69, 9.17) is 11.3 Å². The number of rotatable bonds is 9. The first-order chi connectivity index (χ1) is 16.6. The van der Waals surface area contributed by atoms with Crippen molar-refractivity contribution < 1.29 is 14.7 Å². The van der Waals surface area contributed by atoms with Crippen LogP contribution in [-0.2, 0) is 15.2 Å². The van der Waals surface area contributed by atoms with Crippen LogP contribution in [0, 0.1) is 12.3 Å². The van der Waals surface area contributed by atoms with Crippen molar-refractivity contribution in [3.05, 3.63) is 119 Å². The Balaban J connectivity index is 1.85. The Morgan fingerprint density at radius 2 is 1.47 bits per heavy atom. The lowest BCUT2D eigenvalue weighted by Crippen LogP contribution is -2.38. The average molecular weight is 468 g/mol. The van der Waals surface area contributed by atoms with E-state index in [-0.39, 0.29) is 18.0 Å². The Hall–Kier alpha value is -4.41. The Morgan fingerprint density at radius 1 is 0.971 bits per heavy atom. The van der Waals surface area contributed by atoms with Gasteiger partial charge in [0, 0.05) is 5.38 Å². The molecule has 2 N–H and O–H groups in total. The zero-order chi connectivity index (χ0) is 23.8. The molecule has 3 aromatic carbocycles. The van der Waals surface area contributed by atoms with E-state index in [0.29, 0.717) is 5.13 Å². The highest BCUT2D eigenvalue weighted by atomic mass is 32.1. The highest BCUT2D eigenvalue weighted by Gasteiger charge is 2.37. The first kappa shape index (κ1) is 22.8. The molecule has 0 bridgehead atoms. The number of nitrogens with one attached hydrogen (secondary N) is 1. The molecule has 1 aromatic heterocycles. The van der Waals surface area contributed by atoms with Gasteiger partial charge in [0.05, 0.1) is 0 Å². The molecule has 0 fully saturated rings. The largest absolute Gasteiger partial charge is 0.476 e. The topological polar surface area (TPSA) is 83.8 Å². The number of benzene rings is 3. The van der Waals surface area contributed by atoms with Crippen LogP contribution in [0.25, 0.3) is 0 Å². The van der Waals surface area contributed by atoms with Crippen molar-refractivity contribution in [2.45, 2.75) is 5.54 Å².